The fourth-order valence-electron chi connectivity index (χ4n) is 1.32. The first-order valence-corrected chi connectivity index (χ1v) is 5.30. The van der Waals surface area contributed by atoms with E-state index in [9.17, 15) is 0 Å². The number of ether oxygens (including phenoxy) is 2. The van der Waals surface area contributed by atoms with Crippen LogP contribution in [-0.4, -0.2) is 14.2 Å². The van der Waals surface area contributed by atoms with E-state index in [-0.39, 0.29) is 0 Å². The number of fused-ring (bicyclic) bond motifs is 1. The molecule has 0 spiro atoms. The summed E-state index contributed by atoms with van der Waals surface area (Å²) in [4.78, 5) is 0. The van der Waals surface area contributed by atoms with Crippen LogP contribution < -0.4 is 9.47 Å². The van der Waals surface area contributed by atoms with E-state index in [1.54, 1.807) is 25.6 Å². The molecule has 74 valence electrons. The van der Waals surface area contributed by atoms with Crippen molar-refractivity contribution in [2.24, 2.45) is 0 Å². The molecule has 0 bridgehead atoms. The number of benzene rings is 1. The summed E-state index contributed by atoms with van der Waals surface area (Å²) in [7, 11) is 3.24. The van der Waals surface area contributed by atoms with Crippen molar-refractivity contribution in [2.45, 2.75) is 0 Å². The quantitative estimate of drug-likeness (QED) is 0.783. The molecule has 0 saturated carbocycles. The third kappa shape index (κ3) is 1.42. The second kappa shape index (κ2) is 3.67. The Hall–Kier alpha value is -0.930. The van der Waals surface area contributed by atoms with Crippen LogP contribution in [0.2, 0.25) is 5.02 Å². The Morgan fingerprint density at radius 3 is 2.43 bits per heavy atom. The van der Waals surface area contributed by atoms with Gasteiger partial charge in [-0.1, -0.05) is 11.6 Å². The van der Waals surface area contributed by atoms with Crippen LogP contribution in [0.25, 0.3) is 10.1 Å². The number of methoxy groups -OCH3 is 2. The number of halogens is 1. The largest absolute Gasteiger partial charge is 0.493 e. The summed E-state index contributed by atoms with van der Waals surface area (Å²) in [5, 5.41) is 3.67. The highest BCUT2D eigenvalue weighted by Gasteiger charge is 2.09. The fourth-order valence-corrected chi connectivity index (χ4v) is 2.50. The molecule has 2 rings (SSSR count). The van der Waals surface area contributed by atoms with E-state index >= 15 is 0 Å². The van der Waals surface area contributed by atoms with Gasteiger partial charge in [0.15, 0.2) is 11.5 Å². The zero-order valence-corrected chi connectivity index (χ0v) is 9.41. The van der Waals surface area contributed by atoms with Gasteiger partial charge in [0.2, 0.25) is 0 Å². The topological polar surface area (TPSA) is 18.5 Å². The molecular weight excluding hydrogens is 220 g/mol. The van der Waals surface area contributed by atoms with Crippen LogP contribution in [0.3, 0.4) is 0 Å². The first-order valence-electron chi connectivity index (χ1n) is 4.05. The van der Waals surface area contributed by atoms with E-state index in [4.69, 9.17) is 21.1 Å². The highest BCUT2D eigenvalue weighted by atomic mass is 35.5. The van der Waals surface area contributed by atoms with Gasteiger partial charge in [0, 0.05) is 21.5 Å². The molecule has 0 unspecified atom stereocenters. The lowest BCUT2D eigenvalue weighted by Crippen LogP contribution is -1.89. The van der Waals surface area contributed by atoms with E-state index in [1.165, 1.54) is 0 Å². The van der Waals surface area contributed by atoms with E-state index in [0.29, 0.717) is 5.75 Å². The first kappa shape index (κ1) is 9.62. The number of thiophene rings is 1. The van der Waals surface area contributed by atoms with Crippen LogP contribution in [0, 0.1) is 0 Å². The molecule has 2 nitrogen and oxygen atoms in total. The number of rotatable bonds is 2. The molecule has 0 fully saturated rings. The second-order valence-electron chi connectivity index (χ2n) is 2.79. The van der Waals surface area contributed by atoms with Gasteiger partial charge in [-0.2, -0.15) is 0 Å². The predicted molar refractivity (Wildman–Crippen MR) is 59.9 cm³/mol. The van der Waals surface area contributed by atoms with Gasteiger partial charge in [-0.15, -0.1) is 11.3 Å². The van der Waals surface area contributed by atoms with Crippen molar-refractivity contribution in [1.82, 2.24) is 0 Å². The average molecular weight is 229 g/mol. The Balaban J connectivity index is 2.71. The monoisotopic (exact) mass is 228 g/mol. The Bertz CT molecular complexity index is 464. The lowest BCUT2D eigenvalue weighted by atomic mass is 10.2. The molecule has 1 aromatic carbocycles. The van der Waals surface area contributed by atoms with Crippen molar-refractivity contribution >= 4 is 33.0 Å². The Morgan fingerprint density at radius 1 is 1.14 bits per heavy atom. The molecule has 1 heterocycles. The normalized spacial score (nSPS) is 10.5. The Labute approximate surface area is 91.0 Å². The van der Waals surface area contributed by atoms with Gasteiger partial charge >= 0.3 is 0 Å². The molecule has 1 aromatic heterocycles. The summed E-state index contributed by atoms with van der Waals surface area (Å²) < 4.78 is 11.5. The average Bonchev–Trinajstić information content (AvgIpc) is 2.58. The van der Waals surface area contributed by atoms with Crippen molar-refractivity contribution in [2.75, 3.05) is 14.2 Å². The van der Waals surface area contributed by atoms with Crippen LogP contribution in [0.4, 0.5) is 0 Å². The standard InChI is InChI=1S/C10H9ClO2S/c1-12-8-3-6-7(11)5-14-10(6)4-9(8)13-2/h3-5H,1-2H3. The molecule has 0 N–H and O–H groups in total. The summed E-state index contributed by atoms with van der Waals surface area (Å²) in [5.74, 6) is 1.44. The van der Waals surface area contributed by atoms with Crippen molar-refractivity contribution in [1.29, 1.82) is 0 Å². The zero-order chi connectivity index (χ0) is 10.1. The maximum atomic E-state index is 6.01. The highest BCUT2D eigenvalue weighted by molar-refractivity contribution is 7.17. The van der Waals surface area contributed by atoms with Gasteiger partial charge in [-0.3, -0.25) is 0 Å². The molecule has 2 aromatic rings. The van der Waals surface area contributed by atoms with Gasteiger partial charge in [-0.05, 0) is 6.07 Å². The SMILES string of the molecule is COc1cc2scc(Cl)c2cc1OC. The highest BCUT2D eigenvalue weighted by Crippen LogP contribution is 2.38. The maximum Gasteiger partial charge on any atom is 0.162 e. The van der Waals surface area contributed by atoms with Gasteiger partial charge in [-0.25, -0.2) is 0 Å². The molecule has 4 heteroatoms. The molecule has 0 saturated heterocycles. The maximum absolute atomic E-state index is 6.01. The molecule has 0 amide bonds. The third-order valence-electron chi connectivity index (χ3n) is 2.03. The minimum atomic E-state index is 0.709. The number of hydrogen-bond acceptors (Lipinski definition) is 3. The molecule has 0 aliphatic heterocycles. The number of hydrogen-bond donors (Lipinski definition) is 0. The van der Waals surface area contributed by atoms with Crippen LogP contribution in [0.5, 0.6) is 11.5 Å². The van der Waals surface area contributed by atoms with Gasteiger partial charge < -0.3 is 9.47 Å². The van der Waals surface area contributed by atoms with Crippen molar-refractivity contribution in [3.63, 3.8) is 0 Å². The molecular formula is C10H9ClO2S. The Kier molecular flexibility index (Phi) is 2.52. The van der Waals surface area contributed by atoms with Gasteiger partial charge in [0.05, 0.1) is 19.2 Å². The minimum absolute atomic E-state index is 0.709. The molecule has 0 aliphatic carbocycles. The van der Waals surface area contributed by atoms with Crippen molar-refractivity contribution in [3.8, 4) is 11.5 Å². The summed E-state index contributed by atoms with van der Waals surface area (Å²) in [6.07, 6.45) is 0. The first-order chi connectivity index (χ1) is 6.76. The molecule has 0 radical (unpaired) electrons. The summed E-state index contributed by atoms with van der Waals surface area (Å²) in [5.41, 5.74) is 0. The van der Waals surface area contributed by atoms with Crippen LogP contribution in [-0.2, 0) is 0 Å². The fraction of sp³-hybridized carbons (Fsp3) is 0.200. The molecule has 14 heavy (non-hydrogen) atoms. The van der Waals surface area contributed by atoms with E-state index in [1.807, 2.05) is 17.5 Å². The lowest BCUT2D eigenvalue weighted by molar-refractivity contribution is 0.356. The summed E-state index contributed by atoms with van der Waals surface area (Å²) in [6, 6.07) is 3.83. The van der Waals surface area contributed by atoms with Crippen LogP contribution in [0.1, 0.15) is 0 Å². The van der Waals surface area contributed by atoms with E-state index in [2.05, 4.69) is 0 Å². The predicted octanol–water partition coefficient (Wildman–Crippen LogP) is 3.57. The van der Waals surface area contributed by atoms with Crippen molar-refractivity contribution in [3.05, 3.63) is 22.5 Å². The zero-order valence-electron chi connectivity index (χ0n) is 7.83. The van der Waals surface area contributed by atoms with E-state index in [0.717, 1.165) is 20.9 Å². The van der Waals surface area contributed by atoms with Gasteiger partial charge in [0.25, 0.3) is 0 Å². The van der Waals surface area contributed by atoms with Crippen LogP contribution >= 0.6 is 22.9 Å². The Morgan fingerprint density at radius 2 is 1.79 bits per heavy atom. The smallest absolute Gasteiger partial charge is 0.162 e. The molecule has 0 atom stereocenters. The lowest BCUT2D eigenvalue weighted by Gasteiger charge is -2.06. The third-order valence-corrected chi connectivity index (χ3v) is 3.42. The van der Waals surface area contributed by atoms with E-state index < -0.39 is 0 Å². The summed E-state index contributed by atoms with van der Waals surface area (Å²) >= 11 is 7.61. The molecule has 0 aliphatic rings. The summed E-state index contributed by atoms with van der Waals surface area (Å²) in [6.45, 7) is 0. The van der Waals surface area contributed by atoms with Crippen molar-refractivity contribution < 1.29 is 9.47 Å². The van der Waals surface area contributed by atoms with Crippen LogP contribution in [0.15, 0.2) is 17.5 Å². The minimum Gasteiger partial charge on any atom is -0.493 e. The van der Waals surface area contributed by atoms with Gasteiger partial charge in [0.1, 0.15) is 0 Å². The second-order valence-corrected chi connectivity index (χ2v) is 4.11.